The molecule has 1 aromatic rings. The highest BCUT2D eigenvalue weighted by molar-refractivity contribution is 6.30. The fourth-order valence-corrected chi connectivity index (χ4v) is 2.96. The Morgan fingerprint density at radius 3 is 2.26 bits per heavy atom. The summed E-state index contributed by atoms with van der Waals surface area (Å²) in [5.41, 5.74) is 7.46. The summed E-state index contributed by atoms with van der Waals surface area (Å²) in [5.74, 6) is 0. The van der Waals surface area contributed by atoms with Gasteiger partial charge in [0.2, 0.25) is 0 Å². The molecule has 2 N–H and O–H groups in total. The van der Waals surface area contributed by atoms with Crippen molar-refractivity contribution in [2.45, 2.75) is 51.6 Å². The summed E-state index contributed by atoms with van der Waals surface area (Å²) >= 11 is 5.96. The number of halogens is 1. The first-order valence-corrected chi connectivity index (χ1v) is 7.57. The fraction of sp³-hybridized carbons (Fsp3) is 0.625. The molecular formula is C16H27ClN2. The Morgan fingerprint density at radius 2 is 1.84 bits per heavy atom. The van der Waals surface area contributed by atoms with Crippen LogP contribution in [0.5, 0.6) is 0 Å². The maximum absolute atomic E-state index is 6.08. The Hall–Kier alpha value is -0.570. The number of hydrogen-bond donors (Lipinski definition) is 1. The molecule has 0 bridgehead atoms. The molecule has 0 saturated carbocycles. The van der Waals surface area contributed by atoms with Gasteiger partial charge in [0, 0.05) is 23.1 Å². The second-order valence-electron chi connectivity index (χ2n) is 5.37. The third-order valence-electron chi connectivity index (χ3n) is 4.43. The maximum atomic E-state index is 6.08. The topological polar surface area (TPSA) is 29.3 Å². The first-order chi connectivity index (χ1) is 9.00. The van der Waals surface area contributed by atoms with Crippen molar-refractivity contribution in [3.05, 3.63) is 34.9 Å². The van der Waals surface area contributed by atoms with Gasteiger partial charge in [-0.2, -0.15) is 0 Å². The van der Waals surface area contributed by atoms with Crippen molar-refractivity contribution in [2.75, 3.05) is 13.6 Å². The Bertz CT molecular complexity index is 371. The smallest absolute Gasteiger partial charge is 0.0406 e. The highest BCUT2D eigenvalue weighted by Gasteiger charge is 2.33. The summed E-state index contributed by atoms with van der Waals surface area (Å²) in [5, 5.41) is 0.785. The number of benzene rings is 1. The summed E-state index contributed by atoms with van der Waals surface area (Å²) < 4.78 is 0. The molecule has 0 aromatic heterocycles. The van der Waals surface area contributed by atoms with Gasteiger partial charge >= 0.3 is 0 Å². The lowest BCUT2D eigenvalue weighted by Gasteiger charge is -2.44. The van der Waals surface area contributed by atoms with Crippen LogP contribution in [0.3, 0.4) is 0 Å². The first kappa shape index (κ1) is 16.5. The summed E-state index contributed by atoms with van der Waals surface area (Å²) in [6.07, 6.45) is 3.36. The van der Waals surface area contributed by atoms with Gasteiger partial charge in [0.25, 0.3) is 0 Å². The van der Waals surface area contributed by atoms with Gasteiger partial charge in [-0.1, -0.05) is 44.0 Å². The number of likely N-dealkylation sites (N-methyl/N-ethyl adjacent to an activating group) is 1. The maximum Gasteiger partial charge on any atom is 0.0406 e. The van der Waals surface area contributed by atoms with Crippen LogP contribution < -0.4 is 5.73 Å². The molecule has 1 aromatic carbocycles. The number of hydrogen-bond acceptors (Lipinski definition) is 2. The van der Waals surface area contributed by atoms with Gasteiger partial charge < -0.3 is 5.73 Å². The van der Waals surface area contributed by atoms with Gasteiger partial charge in [0.1, 0.15) is 0 Å². The molecule has 0 fully saturated rings. The summed E-state index contributed by atoms with van der Waals surface area (Å²) in [4.78, 5) is 2.43. The third-order valence-corrected chi connectivity index (χ3v) is 4.69. The van der Waals surface area contributed by atoms with E-state index < -0.39 is 0 Å². The first-order valence-electron chi connectivity index (χ1n) is 7.19. The molecule has 1 rings (SSSR count). The normalized spacial score (nSPS) is 16.4. The molecule has 0 aliphatic rings. The molecule has 0 aliphatic heterocycles. The van der Waals surface area contributed by atoms with Crippen molar-refractivity contribution in [2.24, 2.45) is 5.73 Å². The largest absolute Gasteiger partial charge is 0.329 e. The zero-order chi connectivity index (χ0) is 14.5. The summed E-state index contributed by atoms with van der Waals surface area (Å²) in [6.45, 7) is 7.39. The predicted octanol–water partition coefficient (Wildman–Crippen LogP) is 4.24. The van der Waals surface area contributed by atoms with Crippen LogP contribution in [0.4, 0.5) is 0 Å². The zero-order valence-electron chi connectivity index (χ0n) is 12.6. The zero-order valence-corrected chi connectivity index (χ0v) is 13.4. The third kappa shape index (κ3) is 3.71. The van der Waals surface area contributed by atoms with E-state index in [9.17, 15) is 0 Å². The van der Waals surface area contributed by atoms with E-state index in [-0.39, 0.29) is 5.54 Å². The number of nitrogens with zero attached hydrogens (tertiary/aromatic N) is 1. The van der Waals surface area contributed by atoms with Crippen LogP contribution in [0.15, 0.2) is 24.3 Å². The van der Waals surface area contributed by atoms with E-state index >= 15 is 0 Å². The van der Waals surface area contributed by atoms with Gasteiger partial charge in [0.05, 0.1) is 0 Å². The highest BCUT2D eigenvalue weighted by atomic mass is 35.5. The van der Waals surface area contributed by atoms with Crippen LogP contribution in [-0.4, -0.2) is 24.0 Å². The molecule has 0 spiro atoms. The molecule has 0 aliphatic carbocycles. The van der Waals surface area contributed by atoms with Crippen molar-refractivity contribution >= 4 is 11.6 Å². The average molecular weight is 283 g/mol. The molecule has 0 radical (unpaired) electrons. The lowest BCUT2D eigenvalue weighted by molar-refractivity contribution is 0.0707. The monoisotopic (exact) mass is 282 g/mol. The molecule has 19 heavy (non-hydrogen) atoms. The van der Waals surface area contributed by atoms with Crippen LogP contribution in [0, 0.1) is 0 Å². The lowest BCUT2D eigenvalue weighted by Crippen LogP contribution is -2.52. The van der Waals surface area contributed by atoms with Gasteiger partial charge in [-0.25, -0.2) is 0 Å². The number of rotatable bonds is 7. The minimum Gasteiger partial charge on any atom is -0.329 e. The van der Waals surface area contributed by atoms with Crippen molar-refractivity contribution in [3.8, 4) is 0 Å². The predicted molar refractivity (Wildman–Crippen MR) is 84.6 cm³/mol. The van der Waals surface area contributed by atoms with Crippen LogP contribution in [0.25, 0.3) is 0 Å². The molecular weight excluding hydrogens is 256 g/mol. The quantitative estimate of drug-likeness (QED) is 0.810. The molecule has 2 nitrogen and oxygen atoms in total. The molecule has 2 unspecified atom stereocenters. The Morgan fingerprint density at radius 1 is 1.26 bits per heavy atom. The molecule has 0 saturated heterocycles. The second kappa shape index (κ2) is 7.28. The molecule has 3 heteroatoms. The molecule has 108 valence electrons. The van der Waals surface area contributed by atoms with Crippen LogP contribution >= 0.6 is 11.6 Å². The van der Waals surface area contributed by atoms with E-state index in [0.29, 0.717) is 12.6 Å². The highest BCUT2D eigenvalue weighted by Crippen LogP contribution is 2.32. The van der Waals surface area contributed by atoms with Crippen LogP contribution in [0.1, 0.15) is 51.6 Å². The number of nitrogens with two attached hydrogens (primary N) is 1. The molecule has 0 amide bonds. The molecule has 2 atom stereocenters. The van der Waals surface area contributed by atoms with Gasteiger partial charge in [-0.05, 0) is 44.5 Å². The standard InChI is InChI=1S/C16H27ClN2/c1-5-11-16(6-2,12-18)19(4)13(3)14-7-9-15(17)10-8-14/h7-10,13H,5-6,11-12,18H2,1-4H3. The minimum absolute atomic E-state index is 0.0911. The average Bonchev–Trinajstić information content (AvgIpc) is 2.44. The van der Waals surface area contributed by atoms with Crippen LogP contribution in [0.2, 0.25) is 5.02 Å². The van der Waals surface area contributed by atoms with E-state index in [2.05, 4.69) is 44.9 Å². The van der Waals surface area contributed by atoms with Crippen molar-refractivity contribution in [1.29, 1.82) is 0 Å². The van der Waals surface area contributed by atoms with E-state index in [1.807, 2.05) is 12.1 Å². The van der Waals surface area contributed by atoms with Crippen molar-refractivity contribution in [3.63, 3.8) is 0 Å². The van der Waals surface area contributed by atoms with E-state index in [0.717, 1.165) is 24.3 Å². The lowest BCUT2D eigenvalue weighted by atomic mass is 9.87. The van der Waals surface area contributed by atoms with Gasteiger partial charge in [-0.15, -0.1) is 0 Å². The SMILES string of the molecule is CCCC(CC)(CN)N(C)C(C)c1ccc(Cl)cc1. The van der Waals surface area contributed by atoms with Gasteiger partial charge in [0.15, 0.2) is 0 Å². The second-order valence-corrected chi connectivity index (χ2v) is 5.81. The molecule has 0 heterocycles. The Labute approximate surface area is 122 Å². The Balaban J connectivity index is 2.95. The van der Waals surface area contributed by atoms with Gasteiger partial charge in [-0.3, -0.25) is 4.90 Å². The van der Waals surface area contributed by atoms with Crippen molar-refractivity contribution in [1.82, 2.24) is 4.90 Å². The fourth-order valence-electron chi connectivity index (χ4n) is 2.83. The van der Waals surface area contributed by atoms with Crippen molar-refractivity contribution < 1.29 is 0 Å². The Kier molecular flexibility index (Phi) is 6.31. The van der Waals surface area contributed by atoms with Crippen LogP contribution in [-0.2, 0) is 0 Å². The minimum atomic E-state index is 0.0911. The van der Waals surface area contributed by atoms with E-state index in [1.54, 1.807) is 0 Å². The summed E-state index contributed by atoms with van der Waals surface area (Å²) in [7, 11) is 2.19. The summed E-state index contributed by atoms with van der Waals surface area (Å²) in [6, 6.07) is 8.46. The van der Waals surface area contributed by atoms with E-state index in [4.69, 9.17) is 17.3 Å². The van der Waals surface area contributed by atoms with E-state index in [1.165, 1.54) is 5.56 Å².